The van der Waals surface area contributed by atoms with Crippen LogP contribution in [-0.2, 0) is 0 Å². The van der Waals surface area contributed by atoms with Crippen molar-refractivity contribution < 1.29 is 9.90 Å². The first-order valence-electron chi connectivity index (χ1n) is 5.25. The van der Waals surface area contributed by atoms with Gasteiger partial charge in [-0.05, 0) is 24.5 Å². The van der Waals surface area contributed by atoms with Crippen molar-refractivity contribution in [1.29, 1.82) is 0 Å². The second-order valence-electron chi connectivity index (χ2n) is 3.79. The van der Waals surface area contributed by atoms with Crippen molar-refractivity contribution in [1.82, 2.24) is 10.3 Å². The van der Waals surface area contributed by atoms with Crippen LogP contribution in [0, 0.1) is 5.92 Å². The van der Waals surface area contributed by atoms with E-state index in [9.17, 15) is 4.79 Å². The lowest BCUT2D eigenvalue weighted by Gasteiger charge is -2.11. The second kappa shape index (κ2) is 6.79. The fraction of sp³-hybridized carbons (Fsp3) is 0.455. The molecule has 1 unspecified atom stereocenters. The van der Waals surface area contributed by atoms with Crippen molar-refractivity contribution in [2.24, 2.45) is 5.92 Å². The van der Waals surface area contributed by atoms with Gasteiger partial charge in [0.25, 0.3) is 5.91 Å². The van der Waals surface area contributed by atoms with Gasteiger partial charge in [-0.25, -0.2) is 4.98 Å². The molecule has 1 rings (SSSR count). The molecule has 0 fully saturated rings. The average molecular weight is 277 g/mol. The summed E-state index contributed by atoms with van der Waals surface area (Å²) in [7, 11) is 0. The van der Waals surface area contributed by atoms with Crippen LogP contribution in [-0.4, -0.2) is 29.1 Å². The van der Waals surface area contributed by atoms with E-state index in [-0.39, 0.29) is 34.3 Å². The predicted octanol–water partition coefficient (Wildman–Crippen LogP) is 2.14. The first kappa shape index (κ1) is 14.2. The minimum absolute atomic E-state index is 0.104. The summed E-state index contributed by atoms with van der Waals surface area (Å²) in [5, 5.41) is 11.9. The highest BCUT2D eigenvalue weighted by atomic mass is 35.5. The summed E-state index contributed by atoms with van der Waals surface area (Å²) in [6, 6.07) is 3.05. The molecule has 1 aromatic rings. The van der Waals surface area contributed by atoms with Crippen molar-refractivity contribution in [3.63, 3.8) is 0 Å². The van der Waals surface area contributed by atoms with E-state index < -0.39 is 0 Å². The molecular formula is C11H14Cl2N2O2. The number of carbonyl (C=O) groups is 1. The van der Waals surface area contributed by atoms with Crippen LogP contribution >= 0.6 is 23.2 Å². The molecule has 4 nitrogen and oxygen atoms in total. The summed E-state index contributed by atoms with van der Waals surface area (Å²) in [6.45, 7) is 2.50. The maximum absolute atomic E-state index is 11.7. The molecule has 0 aliphatic rings. The number of nitrogens with one attached hydrogen (secondary N) is 1. The number of aliphatic hydroxyl groups is 1. The van der Waals surface area contributed by atoms with Gasteiger partial charge in [0.2, 0.25) is 0 Å². The molecule has 2 N–H and O–H groups in total. The first-order chi connectivity index (χ1) is 8.04. The highest BCUT2D eigenvalue weighted by Gasteiger charge is 2.13. The van der Waals surface area contributed by atoms with E-state index in [1.807, 2.05) is 6.92 Å². The van der Waals surface area contributed by atoms with Crippen molar-refractivity contribution in [3.05, 3.63) is 28.0 Å². The third kappa shape index (κ3) is 4.50. The Morgan fingerprint density at radius 2 is 2.24 bits per heavy atom. The number of halogens is 2. The number of amides is 1. The molecule has 17 heavy (non-hydrogen) atoms. The van der Waals surface area contributed by atoms with Gasteiger partial charge in [-0.2, -0.15) is 0 Å². The number of hydrogen-bond donors (Lipinski definition) is 2. The Labute approximate surface area is 110 Å². The maximum atomic E-state index is 11.7. The number of nitrogens with zero attached hydrogens (tertiary/aromatic N) is 1. The average Bonchev–Trinajstić information content (AvgIpc) is 2.29. The summed E-state index contributed by atoms with van der Waals surface area (Å²) < 4.78 is 0. The topological polar surface area (TPSA) is 62.2 Å². The lowest BCUT2D eigenvalue weighted by atomic mass is 10.1. The molecule has 1 atom stereocenters. The van der Waals surface area contributed by atoms with Gasteiger partial charge < -0.3 is 10.4 Å². The molecule has 0 spiro atoms. The van der Waals surface area contributed by atoms with E-state index in [2.05, 4.69) is 10.3 Å². The molecule has 0 aliphatic carbocycles. The quantitative estimate of drug-likeness (QED) is 0.810. The Morgan fingerprint density at radius 1 is 1.53 bits per heavy atom. The van der Waals surface area contributed by atoms with Gasteiger partial charge in [-0.3, -0.25) is 4.79 Å². The summed E-state index contributed by atoms with van der Waals surface area (Å²) in [4.78, 5) is 15.6. The van der Waals surface area contributed by atoms with E-state index in [1.54, 1.807) is 0 Å². The molecule has 1 aromatic heterocycles. The summed E-state index contributed by atoms with van der Waals surface area (Å²) in [6.07, 6.45) is 0.636. The SMILES string of the molecule is CC(CCO)CNC(=O)c1nc(Cl)ccc1Cl. The van der Waals surface area contributed by atoms with E-state index in [0.29, 0.717) is 13.0 Å². The monoisotopic (exact) mass is 276 g/mol. The van der Waals surface area contributed by atoms with Crippen molar-refractivity contribution in [2.45, 2.75) is 13.3 Å². The highest BCUT2D eigenvalue weighted by molar-refractivity contribution is 6.34. The smallest absolute Gasteiger partial charge is 0.271 e. The van der Waals surface area contributed by atoms with E-state index in [1.165, 1.54) is 12.1 Å². The number of aromatic nitrogens is 1. The second-order valence-corrected chi connectivity index (χ2v) is 4.59. The molecule has 0 radical (unpaired) electrons. The minimum Gasteiger partial charge on any atom is -0.396 e. The van der Waals surface area contributed by atoms with Crippen molar-refractivity contribution in [3.8, 4) is 0 Å². The molecule has 0 aromatic carbocycles. The van der Waals surface area contributed by atoms with Crippen molar-refractivity contribution >= 4 is 29.1 Å². The van der Waals surface area contributed by atoms with Gasteiger partial charge in [-0.1, -0.05) is 30.1 Å². The highest BCUT2D eigenvalue weighted by Crippen LogP contribution is 2.16. The minimum atomic E-state index is -0.359. The standard InChI is InChI=1S/C11H14Cl2N2O2/c1-7(4-5-16)6-14-11(17)10-8(12)2-3-9(13)15-10/h2-3,7,16H,4-6H2,1H3,(H,14,17). The number of rotatable bonds is 5. The van der Waals surface area contributed by atoms with Crippen LogP contribution in [0.25, 0.3) is 0 Å². The number of pyridine rings is 1. The van der Waals surface area contributed by atoms with Gasteiger partial charge >= 0.3 is 0 Å². The maximum Gasteiger partial charge on any atom is 0.271 e. The van der Waals surface area contributed by atoms with Crippen LogP contribution in [0.5, 0.6) is 0 Å². The largest absolute Gasteiger partial charge is 0.396 e. The fourth-order valence-corrected chi connectivity index (χ4v) is 1.59. The molecule has 0 aliphatic heterocycles. The molecule has 94 valence electrons. The molecule has 0 bridgehead atoms. The Morgan fingerprint density at radius 3 is 2.88 bits per heavy atom. The summed E-state index contributed by atoms with van der Waals surface area (Å²) in [5.74, 6) is -0.163. The predicted molar refractivity (Wildman–Crippen MR) is 67.5 cm³/mol. The van der Waals surface area contributed by atoms with Gasteiger partial charge in [0, 0.05) is 13.2 Å². The van der Waals surface area contributed by atoms with Crippen LogP contribution in [0.3, 0.4) is 0 Å². The molecule has 1 heterocycles. The lowest BCUT2D eigenvalue weighted by Crippen LogP contribution is -2.29. The van der Waals surface area contributed by atoms with Crippen LogP contribution in [0.2, 0.25) is 10.2 Å². The Kier molecular flexibility index (Phi) is 5.68. The third-order valence-corrected chi connectivity index (χ3v) is 2.78. The zero-order valence-electron chi connectivity index (χ0n) is 9.41. The zero-order valence-corrected chi connectivity index (χ0v) is 10.9. The Balaban J connectivity index is 2.61. The summed E-state index contributed by atoms with van der Waals surface area (Å²) in [5.41, 5.74) is 0.121. The fourth-order valence-electron chi connectivity index (χ4n) is 1.25. The van der Waals surface area contributed by atoms with Crippen LogP contribution in [0.15, 0.2) is 12.1 Å². The van der Waals surface area contributed by atoms with Crippen LogP contribution < -0.4 is 5.32 Å². The van der Waals surface area contributed by atoms with Gasteiger partial charge in [0.05, 0.1) is 5.02 Å². The summed E-state index contributed by atoms with van der Waals surface area (Å²) >= 11 is 11.5. The molecule has 1 amide bonds. The van der Waals surface area contributed by atoms with Crippen LogP contribution in [0.4, 0.5) is 0 Å². The van der Waals surface area contributed by atoms with E-state index >= 15 is 0 Å². The molecular weight excluding hydrogens is 263 g/mol. The molecule has 0 saturated carbocycles. The lowest BCUT2D eigenvalue weighted by molar-refractivity contribution is 0.0940. The van der Waals surface area contributed by atoms with Crippen molar-refractivity contribution in [2.75, 3.05) is 13.2 Å². The number of hydrogen-bond acceptors (Lipinski definition) is 3. The van der Waals surface area contributed by atoms with Gasteiger partial charge in [0.1, 0.15) is 10.8 Å². The third-order valence-electron chi connectivity index (χ3n) is 2.26. The normalized spacial score (nSPS) is 12.2. The van der Waals surface area contributed by atoms with Crippen LogP contribution in [0.1, 0.15) is 23.8 Å². The number of carbonyl (C=O) groups excluding carboxylic acids is 1. The Bertz CT molecular complexity index is 399. The van der Waals surface area contributed by atoms with E-state index in [0.717, 1.165) is 0 Å². The Hall–Kier alpha value is -0.840. The molecule has 6 heteroatoms. The first-order valence-corrected chi connectivity index (χ1v) is 6.01. The number of aliphatic hydroxyl groups excluding tert-OH is 1. The zero-order chi connectivity index (χ0) is 12.8. The van der Waals surface area contributed by atoms with Gasteiger partial charge in [0.15, 0.2) is 0 Å². The van der Waals surface area contributed by atoms with E-state index in [4.69, 9.17) is 28.3 Å². The van der Waals surface area contributed by atoms with Gasteiger partial charge in [-0.15, -0.1) is 0 Å². The molecule has 0 saturated heterocycles.